The minimum absolute atomic E-state index is 0.0571. The van der Waals surface area contributed by atoms with Crippen LogP contribution in [0.5, 0.6) is 0 Å². The van der Waals surface area contributed by atoms with E-state index in [-0.39, 0.29) is 17.9 Å². The maximum Gasteiger partial charge on any atom is 0.253 e. The molecule has 7 heteroatoms. The molecule has 0 bridgehead atoms. The van der Waals surface area contributed by atoms with Crippen molar-refractivity contribution in [3.8, 4) is 11.3 Å². The van der Waals surface area contributed by atoms with Crippen LogP contribution < -0.4 is 4.90 Å². The summed E-state index contributed by atoms with van der Waals surface area (Å²) < 4.78 is 0. The Hall–Kier alpha value is -3.32. The normalized spacial score (nSPS) is 15.8. The first kappa shape index (κ1) is 19.6. The van der Waals surface area contributed by atoms with E-state index in [2.05, 4.69) is 25.9 Å². The molecule has 2 aliphatic rings. The number of carbonyl (C=O) groups is 1. The molecule has 3 heterocycles. The van der Waals surface area contributed by atoms with Crippen molar-refractivity contribution in [2.24, 2.45) is 0 Å². The average Bonchev–Trinajstić information content (AvgIpc) is 3.50. The number of aliphatic hydroxyl groups is 1. The highest BCUT2D eigenvalue weighted by Crippen LogP contribution is 2.57. The number of anilines is 2. The third kappa shape index (κ3) is 3.45. The Bertz CT molecular complexity index is 1140. The van der Waals surface area contributed by atoms with Gasteiger partial charge in [-0.15, -0.1) is 0 Å². The second-order valence-electron chi connectivity index (χ2n) is 8.48. The predicted octanol–water partition coefficient (Wildman–Crippen LogP) is 3.09. The molecule has 3 aromatic rings. The number of amides is 1. The van der Waals surface area contributed by atoms with Crippen LogP contribution in [0.3, 0.4) is 0 Å². The van der Waals surface area contributed by atoms with Gasteiger partial charge in [-0.3, -0.25) is 9.78 Å². The lowest BCUT2D eigenvalue weighted by atomic mass is 9.97. The molecule has 158 valence electrons. The number of aliphatic hydroxyl groups excluding tert-OH is 1. The Morgan fingerprint density at radius 3 is 2.65 bits per heavy atom. The fourth-order valence-electron chi connectivity index (χ4n) is 4.33. The molecule has 1 fully saturated rings. The number of pyridine rings is 1. The molecule has 1 spiro atoms. The van der Waals surface area contributed by atoms with Gasteiger partial charge in [-0.25, -0.2) is 9.97 Å². The van der Waals surface area contributed by atoms with Crippen LogP contribution in [0.1, 0.15) is 34.5 Å². The second-order valence-corrected chi connectivity index (χ2v) is 8.48. The zero-order valence-electron chi connectivity index (χ0n) is 17.7. The Morgan fingerprint density at radius 1 is 1.19 bits per heavy atom. The number of likely N-dealkylation sites (N-methyl/N-ethyl adjacent to an activating group) is 1. The van der Waals surface area contributed by atoms with Crippen LogP contribution >= 0.6 is 0 Å². The SMILES string of the molecule is Cc1cccc(-c2cnc(N3CC4(CC4)c4ccc(C(=O)N(C)CCO)cc43)nc2)n1. The summed E-state index contributed by atoms with van der Waals surface area (Å²) in [7, 11) is 1.70. The maximum absolute atomic E-state index is 12.7. The lowest BCUT2D eigenvalue weighted by Crippen LogP contribution is -2.29. The predicted molar refractivity (Wildman–Crippen MR) is 118 cm³/mol. The molecule has 31 heavy (non-hydrogen) atoms. The molecule has 1 N–H and O–H groups in total. The van der Waals surface area contributed by atoms with Crippen LogP contribution in [0.4, 0.5) is 11.6 Å². The quantitative estimate of drug-likeness (QED) is 0.690. The topological polar surface area (TPSA) is 82.5 Å². The molecule has 7 nitrogen and oxygen atoms in total. The van der Waals surface area contributed by atoms with Crippen molar-refractivity contribution >= 4 is 17.5 Å². The number of benzene rings is 1. The van der Waals surface area contributed by atoms with Crippen LogP contribution in [-0.2, 0) is 5.41 Å². The summed E-state index contributed by atoms with van der Waals surface area (Å²) in [5, 5.41) is 9.15. The Morgan fingerprint density at radius 2 is 1.97 bits per heavy atom. The number of hydrogen-bond acceptors (Lipinski definition) is 6. The fourth-order valence-corrected chi connectivity index (χ4v) is 4.33. The summed E-state index contributed by atoms with van der Waals surface area (Å²) in [6.07, 6.45) is 5.90. The van der Waals surface area contributed by atoms with Gasteiger partial charge in [-0.1, -0.05) is 12.1 Å². The highest BCUT2D eigenvalue weighted by atomic mass is 16.3. The van der Waals surface area contributed by atoms with Gasteiger partial charge in [0.25, 0.3) is 5.91 Å². The van der Waals surface area contributed by atoms with Crippen molar-refractivity contribution in [2.75, 3.05) is 31.6 Å². The van der Waals surface area contributed by atoms with Gasteiger partial charge in [0.2, 0.25) is 5.95 Å². The minimum Gasteiger partial charge on any atom is -0.395 e. The first-order chi connectivity index (χ1) is 15.0. The largest absolute Gasteiger partial charge is 0.395 e. The van der Waals surface area contributed by atoms with E-state index < -0.39 is 0 Å². The molecule has 2 aromatic heterocycles. The van der Waals surface area contributed by atoms with E-state index in [1.165, 1.54) is 10.5 Å². The van der Waals surface area contributed by atoms with Gasteiger partial charge in [-0.2, -0.15) is 0 Å². The first-order valence-corrected chi connectivity index (χ1v) is 10.6. The summed E-state index contributed by atoms with van der Waals surface area (Å²) in [5.41, 5.74) is 5.71. The Kier molecular flexibility index (Phi) is 4.70. The highest BCUT2D eigenvalue weighted by Gasteiger charge is 2.52. The van der Waals surface area contributed by atoms with Crippen molar-refractivity contribution in [1.29, 1.82) is 0 Å². The van der Waals surface area contributed by atoms with Crippen LogP contribution in [-0.4, -0.2) is 57.6 Å². The lowest BCUT2D eigenvalue weighted by molar-refractivity contribution is 0.0767. The molecule has 0 radical (unpaired) electrons. The van der Waals surface area contributed by atoms with Crippen LogP contribution in [0, 0.1) is 6.92 Å². The molecule has 1 aromatic carbocycles. The highest BCUT2D eigenvalue weighted by molar-refractivity contribution is 5.96. The Labute approximate surface area is 181 Å². The molecule has 1 saturated carbocycles. The van der Waals surface area contributed by atoms with E-state index in [1.807, 2.05) is 49.6 Å². The molecule has 0 unspecified atom stereocenters. The van der Waals surface area contributed by atoms with E-state index in [0.29, 0.717) is 18.1 Å². The van der Waals surface area contributed by atoms with Gasteiger partial charge in [0.1, 0.15) is 0 Å². The third-order valence-corrected chi connectivity index (χ3v) is 6.27. The van der Waals surface area contributed by atoms with Crippen molar-refractivity contribution in [2.45, 2.75) is 25.2 Å². The number of carbonyl (C=O) groups excluding carboxylic acids is 1. The van der Waals surface area contributed by atoms with Crippen LogP contribution in [0.15, 0.2) is 48.8 Å². The number of aromatic nitrogens is 3. The maximum atomic E-state index is 12.7. The van der Waals surface area contributed by atoms with E-state index in [1.54, 1.807) is 7.05 Å². The summed E-state index contributed by atoms with van der Waals surface area (Å²) in [5.74, 6) is 0.532. The molecular weight excluding hydrogens is 390 g/mol. The van der Waals surface area contributed by atoms with Gasteiger partial charge in [0, 0.05) is 60.5 Å². The van der Waals surface area contributed by atoms with Crippen molar-refractivity contribution in [1.82, 2.24) is 19.9 Å². The van der Waals surface area contributed by atoms with E-state index >= 15 is 0 Å². The van der Waals surface area contributed by atoms with Gasteiger partial charge < -0.3 is 14.9 Å². The molecule has 0 saturated heterocycles. The van der Waals surface area contributed by atoms with E-state index in [9.17, 15) is 4.79 Å². The van der Waals surface area contributed by atoms with E-state index in [0.717, 1.165) is 42.0 Å². The molecule has 0 atom stereocenters. The zero-order chi connectivity index (χ0) is 21.6. The first-order valence-electron chi connectivity index (χ1n) is 10.6. The minimum atomic E-state index is -0.102. The third-order valence-electron chi connectivity index (χ3n) is 6.27. The standard InChI is InChI=1S/C24H25N5O2/c1-16-4-3-5-20(27-16)18-13-25-23(26-14-18)29-15-24(8-9-24)19-7-6-17(12-21(19)29)22(31)28(2)10-11-30/h3-7,12-14,30H,8-11,15H2,1-2H3. The zero-order valence-corrected chi connectivity index (χ0v) is 17.7. The summed E-state index contributed by atoms with van der Waals surface area (Å²) in [6, 6.07) is 11.8. The number of fused-ring (bicyclic) bond motifs is 2. The Balaban J connectivity index is 1.48. The van der Waals surface area contributed by atoms with E-state index in [4.69, 9.17) is 5.11 Å². The van der Waals surface area contributed by atoms with Crippen molar-refractivity contribution < 1.29 is 9.90 Å². The lowest BCUT2D eigenvalue weighted by Gasteiger charge is -2.19. The number of rotatable bonds is 5. The molecule has 5 rings (SSSR count). The van der Waals surface area contributed by atoms with Gasteiger partial charge in [0.05, 0.1) is 12.3 Å². The molecule has 1 aliphatic heterocycles. The summed E-state index contributed by atoms with van der Waals surface area (Å²) in [4.78, 5) is 30.2. The molecule has 1 amide bonds. The second kappa shape index (κ2) is 7.42. The monoisotopic (exact) mass is 415 g/mol. The number of hydrogen-bond donors (Lipinski definition) is 1. The van der Waals surface area contributed by atoms with Crippen molar-refractivity contribution in [3.63, 3.8) is 0 Å². The van der Waals surface area contributed by atoms with Gasteiger partial charge in [-0.05, 0) is 49.6 Å². The average molecular weight is 415 g/mol. The smallest absolute Gasteiger partial charge is 0.253 e. The molecular formula is C24H25N5O2. The fraction of sp³-hybridized carbons (Fsp3) is 0.333. The van der Waals surface area contributed by atoms with Crippen molar-refractivity contribution in [3.05, 3.63) is 65.6 Å². The van der Waals surface area contributed by atoms with Crippen LogP contribution in [0.2, 0.25) is 0 Å². The number of aryl methyl sites for hydroxylation is 1. The molecule has 1 aliphatic carbocycles. The van der Waals surface area contributed by atoms with Gasteiger partial charge in [0.15, 0.2) is 0 Å². The van der Waals surface area contributed by atoms with Gasteiger partial charge >= 0.3 is 0 Å². The van der Waals surface area contributed by atoms with Crippen LogP contribution in [0.25, 0.3) is 11.3 Å². The summed E-state index contributed by atoms with van der Waals surface area (Å²) in [6.45, 7) is 3.04. The number of nitrogens with zero attached hydrogens (tertiary/aromatic N) is 5. The summed E-state index contributed by atoms with van der Waals surface area (Å²) >= 11 is 0.